The maximum Gasteiger partial charge on any atom is 0.291 e. The molecule has 1 aliphatic heterocycles. The van der Waals surface area contributed by atoms with Gasteiger partial charge < -0.3 is 15.2 Å². The highest BCUT2D eigenvalue weighted by molar-refractivity contribution is 5.90. The number of aromatic amines is 1. The van der Waals surface area contributed by atoms with Crippen LogP contribution in [-0.2, 0) is 6.42 Å². The Morgan fingerprint density at radius 1 is 1.29 bits per heavy atom. The fourth-order valence-corrected chi connectivity index (χ4v) is 3.75. The maximum absolute atomic E-state index is 12.9. The number of rotatable bonds is 4. The van der Waals surface area contributed by atoms with E-state index in [2.05, 4.69) is 37.3 Å². The lowest BCUT2D eigenvalue weighted by Gasteiger charge is -2.15. The number of aliphatic hydroxyl groups is 1. The molecule has 5 rings (SSSR count). The van der Waals surface area contributed by atoms with Crippen LogP contribution in [0.25, 0.3) is 5.69 Å². The van der Waals surface area contributed by atoms with Crippen molar-refractivity contribution in [1.82, 2.24) is 30.0 Å². The van der Waals surface area contributed by atoms with Crippen molar-refractivity contribution in [2.45, 2.75) is 31.9 Å². The second-order valence-corrected chi connectivity index (χ2v) is 8.75. The standard InChI is InChI=1S/C26H24N6O3/c1-26(2,34)11-10-18-8-9-21-20(14-18)32-13-12-27-24(32)19(16-35-21)28-25(33)23-29-22(30-31-23)15-17-6-4-3-5-7-17/h3-9,12-14,19,34H,15-16H2,1-2H3,(H,28,33)(H,29,30,31). The minimum atomic E-state index is -1.10. The minimum Gasteiger partial charge on any atom is -0.489 e. The van der Waals surface area contributed by atoms with E-state index in [1.54, 1.807) is 26.2 Å². The van der Waals surface area contributed by atoms with E-state index in [4.69, 9.17) is 4.74 Å². The van der Waals surface area contributed by atoms with Crippen LogP contribution in [0.4, 0.5) is 0 Å². The molecule has 0 saturated carbocycles. The molecule has 2 aromatic carbocycles. The molecule has 9 heteroatoms. The predicted molar refractivity (Wildman–Crippen MR) is 128 cm³/mol. The number of fused-ring (bicyclic) bond motifs is 3. The Morgan fingerprint density at radius 3 is 2.91 bits per heavy atom. The summed E-state index contributed by atoms with van der Waals surface area (Å²) in [5.41, 5.74) is 1.45. The third-order valence-corrected chi connectivity index (χ3v) is 5.37. The van der Waals surface area contributed by atoms with Crippen LogP contribution in [0.1, 0.15) is 53.3 Å². The fraction of sp³-hybridized carbons (Fsp3) is 0.231. The molecule has 0 spiro atoms. The fourth-order valence-electron chi connectivity index (χ4n) is 3.75. The Labute approximate surface area is 202 Å². The van der Waals surface area contributed by atoms with E-state index >= 15 is 0 Å². The second-order valence-electron chi connectivity index (χ2n) is 8.75. The van der Waals surface area contributed by atoms with Gasteiger partial charge in [0.2, 0.25) is 5.82 Å². The molecule has 0 fully saturated rings. The van der Waals surface area contributed by atoms with Crippen molar-refractivity contribution in [1.29, 1.82) is 0 Å². The predicted octanol–water partition coefficient (Wildman–Crippen LogP) is 2.57. The van der Waals surface area contributed by atoms with Gasteiger partial charge in [-0.1, -0.05) is 42.2 Å². The highest BCUT2D eigenvalue weighted by Crippen LogP contribution is 2.31. The van der Waals surface area contributed by atoms with E-state index in [9.17, 15) is 9.90 Å². The lowest BCUT2D eigenvalue weighted by molar-refractivity contribution is 0.0909. The SMILES string of the molecule is CC(C)(O)C#Cc1ccc2c(c1)-n1ccnc1C(NC(=O)c1n[nH]c(Cc3ccccc3)n1)CO2. The van der Waals surface area contributed by atoms with Crippen LogP contribution in [0.2, 0.25) is 0 Å². The van der Waals surface area contributed by atoms with Crippen molar-refractivity contribution in [2.75, 3.05) is 6.61 Å². The number of hydrogen-bond donors (Lipinski definition) is 3. The average Bonchev–Trinajstić information content (AvgIpc) is 3.48. The van der Waals surface area contributed by atoms with E-state index in [1.165, 1.54) is 0 Å². The van der Waals surface area contributed by atoms with Crippen LogP contribution in [0.5, 0.6) is 5.75 Å². The summed E-state index contributed by atoms with van der Waals surface area (Å²) in [6.45, 7) is 3.45. The third-order valence-electron chi connectivity index (χ3n) is 5.37. The monoisotopic (exact) mass is 468 g/mol. The molecular weight excluding hydrogens is 444 g/mol. The van der Waals surface area contributed by atoms with E-state index in [1.807, 2.05) is 53.1 Å². The van der Waals surface area contributed by atoms with E-state index in [0.717, 1.165) is 16.8 Å². The number of amides is 1. The van der Waals surface area contributed by atoms with Gasteiger partial charge in [0.25, 0.3) is 5.91 Å². The van der Waals surface area contributed by atoms with Gasteiger partial charge in [0, 0.05) is 24.4 Å². The van der Waals surface area contributed by atoms with Crippen molar-refractivity contribution in [3.8, 4) is 23.3 Å². The number of ether oxygens (including phenoxy) is 1. The quantitative estimate of drug-likeness (QED) is 0.396. The summed E-state index contributed by atoms with van der Waals surface area (Å²) in [4.78, 5) is 21.7. The molecule has 1 amide bonds. The van der Waals surface area contributed by atoms with Crippen LogP contribution >= 0.6 is 0 Å². The number of benzene rings is 2. The topological polar surface area (TPSA) is 118 Å². The van der Waals surface area contributed by atoms with Gasteiger partial charge in [-0.3, -0.25) is 14.5 Å². The Morgan fingerprint density at radius 2 is 2.11 bits per heavy atom. The molecule has 0 radical (unpaired) electrons. The first-order chi connectivity index (χ1) is 16.9. The molecule has 3 heterocycles. The second kappa shape index (κ2) is 9.08. The molecule has 0 bridgehead atoms. The van der Waals surface area contributed by atoms with Gasteiger partial charge in [-0.05, 0) is 37.6 Å². The van der Waals surface area contributed by atoms with Crippen LogP contribution in [-0.4, -0.2) is 48.0 Å². The first-order valence-corrected chi connectivity index (χ1v) is 11.2. The molecule has 3 N–H and O–H groups in total. The summed E-state index contributed by atoms with van der Waals surface area (Å²) in [6.07, 6.45) is 4.02. The van der Waals surface area contributed by atoms with Crippen LogP contribution in [0.15, 0.2) is 60.9 Å². The van der Waals surface area contributed by atoms with Crippen molar-refractivity contribution >= 4 is 5.91 Å². The van der Waals surface area contributed by atoms with Gasteiger partial charge in [0.05, 0.1) is 5.69 Å². The zero-order valence-corrected chi connectivity index (χ0v) is 19.3. The Hall–Kier alpha value is -4.42. The molecule has 1 aliphatic rings. The summed E-state index contributed by atoms with van der Waals surface area (Å²) < 4.78 is 7.86. The smallest absolute Gasteiger partial charge is 0.291 e. The van der Waals surface area contributed by atoms with Crippen LogP contribution < -0.4 is 10.1 Å². The van der Waals surface area contributed by atoms with Crippen molar-refractivity contribution < 1.29 is 14.6 Å². The largest absolute Gasteiger partial charge is 0.489 e. The lowest BCUT2D eigenvalue weighted by atomic mass is 10.1. The number of carbonyl (C=O) groups excluding carboxylic acids is 1. The van der Waals surface area contributed by atoms with Crippen LogP contribution in [0, 0.1) is 11.8 Å². The molecular formula is C26H24N6O3. The van der Waals surface area contributed by atoms with E-state index < -0.39 is 17.6 Å². The van der Waals surface area contributed by atoms with Gasteiger partial charge in [-0.2, -0.15) is 0 Å². The normalized spacial score (nSPS) is 14.5. The summed E-state index contributed by atoms with van der Waals surface area (Å²) in [6, 6.07) is 14.8. The van der Waals surface area contributed by atoms with Gasteiger partial charge >= 0.3 is 0 Å². The van der Waals surface area contributed by atoms with Gasteiger partial charge in [-0.25, -0.2) is 9.97 Å². The minimum absolute atomic E-state index is 0.0555. The van der Waals surface area contributed by atoms with Gasteiger partial charge in [0.15, 0.2) is 0 Å². The van der Waals surface area contributed by atoms with E-state index in [0.29, 0.717) is 23.8 Å². The maximum atomic E-state index is 12.9. The van der Waals surface area contributed by atoms with Crippen molar-refractivity contribution in [3.05, 3.63) is 89.5 Å². The zero-order valence-electron chi connectivity index (χ0n) is 19.3. The molecule has 176 valence electrons. The molecule has 0 aliphatic carbocycles. The molecule has 4 aromatic rings. The summed E-state index contributed by atoms with van der Waals surface area (Å²) in [5.74, 6) is 7.29. The Bertz CT molecular complexity index is 1420. The molecule has 1 unspecified atom stereocenters. The Kier molecular flexibility index (Phi) is 5.81. The molecule has 1 atom stereocenters. The summed E-state index contributed by atoms with van der Waals surface area (Å²) >= 11 is 0. The average molecular weight is 469 g/mol. The van der Waals surface area contributed by atoms with Crippen molar-refractivity contribution in [3.63, 3.8) is 0 Å². The zero-order chi connectivity index (χ0) is 24.4. The summed E-state index contributed by atoms with van der Waals surface area (Å²) in [7, 11) is 0. The summed E-state index contributed by atoms with van der Waals surface area (Å²) in [5, 5.41) is 19.8. The van der Waals surface area contributed by atoms with Crippen LogP contribution in [0.3, 0.4) is 0 Å². The molecule has 9 nitrogen and oxygen atoms in total. The first kappa shape index (κ1) is 22.4. The number of aromatic nitrogens is 5. The van der Waals surface area contributed by atoms with E-state index in [-0.39, 0.29) is 12.4 Å². The molecule has 0 saturated heterocycles. The number of H-pyrrole nitrogens is 1. The molecule has 2 aromatic heterocycles. The number of carbonyl (C=O) groups is 1. The number of nitrogens with one attached hydrogen (secondary N) is 2. The van der Waals surface area contributed by atoms with Crippen molar-refractivity contribution in [2.24, 2.45) is 0 Å². The van der Waals surface area contributed by atoms with Gasteiger partial charge in [-0.15, -0.1) is 5.10 Å². The number of hydrogen-bond acceptors (Lipinski definition) is 6. The van der Waals surface area contributed by atoms with Gasteiger partial charge in [0.1, 0.15) is 35.6 Å². The first-order valence-electron chi connectivity index (χ1n) is 11.2. The Balaban J connectivity index is 1.35. The molecule has 35 heavy (non-hydrogen) atoms. The highest BCUT2D eigenvalue weighted by atomic mass is 16.5. The third kappa shape index (κ3) is 5.08. The number of nitrogens with zero attached hydrogens (tertiary/aromatic N) is 4. The number of imidazole rings is 1. The highest BCUT2D eigenvalue weighted by Gasteiger charge is 2.27. The lowest BCUT2D eigenvalue weighted by Crippen LogP contribution is -2.33.